The lowest BCUT2D eigenvalue weighted by Crippen LogP contribution is -2.30. The van der Waals surface area contributed by atoms with Crippen molar-refractivity contribution in [2.24, 2.45) is 11.8 Å². The molecule has 0 saturated heterocycles. The van der Waals surface area contributed by atoms with Gasteiger partial charge < -0.3 is 14.2 Å². The summed E-state index contributed by atoms with van der Waals surface area (Å²) < 4.78 is 16.3. The minimum Gasteiger partial charge on any atom is -0.493 e. The zero-order chi connectivity index (χ0) is 26.3. The maximum Gasteiger partial charge on any atom is 0.309 e. The van der Waals surface area contributed by atoms with E-state index in [1.165, 1.54) is 43.0 Å². The van der Waals surface area contributed by atoms with E-state index < -0.39 is 23.6 Å². The van der Waals surface area contributed by atoms with Gasteiger partial charge in [0.05, 0.1) is 13.0 Å². The Morgan fingerprint density at radius 2 is 1.74 bits per heavy atom. The fourth-order valence-corrected chi connectivity index (χ4v) is 4.34. The van der Waals surface area contributed by atoms with Gasteiger partial charge in [-0.15, -0.1) is 0 Å². The molecule has 7 heteroatoms. The van der Waals surface area contributed by atoms with Crippen molar-refractivity contribution in [3.8, 4) is 11.5 Å². The zero-order valence-corrected chi connectivity index (χ0v) is 22.0. The smallest absolute Gasteiger partial charge is 0.309 e. The van der Waals surface area contributed by atoms with Crippen molar-refractivity contribution < 1.29 is 28.6 Å². The average molecular weight is 484 g/mol. The molecular formula is C28H37NO6. The molecule has 0 aliphatic heterocycles. The quantitative estimate of drug-likeness (QED) is 0.303. The molecule has 2 aromatic rings. The minimum absolute atomic E-state index is 0.0306. The predicted octanol–water partition coefficient (Wildman–Crippen LogP) is 5.60. The Hall–Kier alpha value is -3.22. The van der Waals surface area contributed by atoms with Crippen LogP contribution in [0.25, 0.3) is 0 Å². The van der Waals surface area contributed by atoms with E-state index in [0.29, 0.717) is 5.92 Å². The van der Waals surface area contributed by atoms with Gasteiger partial charge >= 0.3 is 11.9 Å². The highest BCUT2D eigenvalue weighted by Gasteiger charge is 2.31. The maximum atomic E-state index is 13.0. The van der Waals surface area contributed by atoms with Crippen molar-refractivity contribution in [2.45, 2.75) is 73.3 Å². The van der Waals surface area contributed by atoms with Crippen molar-refractivity contribution in [2.75, 3.05) is 7.11 Å². The van der Waals surface area contributed by atoms with Gasteiger partial charge in [-0.25, -0.2) is 4.98 Å². The summed E-state index contributed by atoms with van der Waals surface area (Å²) in [4.78, 5) is 41.6. The van der Waals surface area contributed by atoms with Gasteiger partial charge in [0.25, 0.3) is 0 Å². The highest BCUT2D eigenvalue weighted by Crippen LogP contribution is 2.35. The monoisotopic (exact) mass is 483 g/mol. The van der Waals surface area contributed by atoms with Crippen molar-refractivity contribution in [1.82, 2.24) is 4.98 Å². The standard InChI is InChI=1S/C28H37NO6/c1-9-17(3)25(22-11-10-16(2)14-18(22)4)20(6)34-28(32)19(5)15-23(31)26-27(35-21(7)30)24(33-8)12-13-29-26/h10-14,17,19-20,25H,9,15H2,1-8H3/t17?,19-,20+,25+/m1/s1. The number of esters is 2. The third-order valence-corrected chi connectivity index (χ3v) is 6.34. The molecule has 0 N–H and O–H groups in total. The van der Waals surface area contributed by atoms with Crippen molar-refractivity contribution in [3.05, 3.63) is 52.8 Å². The Bertz CT molecular complexity index is 1060. The fourth-order valence-electron chi connectivity index (χ4n) is 4.34. The van der Waals surface area contributed by atoms with E-state index >= 15 is 0 Å². The summed E-state index contributed by atoms with van der Waals surface area (Å²) in [5.41, 5.74) is 3.47. The van der Waals surface area contributed by atoms with Crippen molar-refractivity contribution in [1.29, 1.82) is 0 Å². The van der Waals surface area contributed by atoms with Gasteiger partial charge in [0.15, 0.2) is 17.2 Å². The minimum atomic E-state index is -0.708. The van der Waals surface area contributed by atoms with Crippen LogP contribution in [0, 0.1) is 25.7 Å². The summed E-state index contributed by atoms with van der Waals surface area (Å²) in [6.07, 6.45) is 1.82. The van der Waals surface area contributed by atoms with Crippen molar-refractivity contribution in [3.63, 3.8) is 0 Å². The first-order valence-electron chi connectivity index (χ1n) is 12.0. The number of ketones is 1. The molecule has 190 valence electrons. The van der Waals surface area contributed by atoms with Crippen LogP contribution >= 0.6 is 0 Å². The lowest BCUT2D eigenvalue weighted by Gasteiger charge is -2.31. The van der Waals surface area contributed by atoms with Crippen LogP contribution in [-0.2, 0) is 14.3 Å². The van der Waals surface area contributed by atoms with Gasteiger partial charge in [-0.2, -0.15) is 0 Å². The van der Waals surface area contributed by atoms with E-state index in [1.54, 1.807) is 6.92 Å². The highest BCUT2D eigenvalue weighted by atomic mass is 16.6. The van der Waals surface area contributed by atoms with Crippen LogP contribution in [0.5, 0.6) is 11.5 Å². The van der Waals surface area contributed by atoms with Gasteiger partial charge in [0.1, 0.15) is 6.10 Å². The Morgan fingerprint density at radius 1 is 1.06 bits per heavy atom. The lowest BCUT2D eigenvalue weighted by atomic mass is 9.80. The molecule has 1 unspecified atom stereocenters. The summed E-state index contributed by atoms with van der Waals surface area (Å²) in [5, 5.41) is 0. The van der Waals surface area contributed by atoms with Gasteiger partial charge in [-0.1, -0.05) is 51.0 Å². The number of Topliss-reactive ketones (excluding diaryl/α,β-unsaturated/α-hetero) is 1. The number of hydrogen-bond acceptors (Lipinski definition) is 7. The number of aryl methyl sites for hydroxylation is 2. The summed E-state index contributed by atoms with van der Waals surface area (Å²) in [6, 6.07) is 7.83. The predicted molar refractivity (Wildman–Crippen MR) is 134 cm³/mol. The SMILES string of the molecule is CCC(C)[C@H](c1ccc(C)cc1C)[C@H](C)OC(=O)[C@H](C)CC(=O)c1nccc(OC)c1OC(C)=O. The van der Waals surface area contributed by atoms with Gasteiger partial charge in [-0.05, 0) is 37.8 Å². The molecule has 0 saturated carbocycles. The van der Waals surface area contributed by atoms with Crippen LogP contribution in [0.15, 0.2) is 30.5 Å². The molecule has 7 nitrogen and oxygen atoms in total. The zero-order valence-electron chi connectivity index (χ0n) is 22.0. The van der Waals surface area contributed by atoms with Crippen LogP contribution < -0.4 is 9.47 Å². The largest absolute Gasteiger partial charge is 0.493 e. The van der Waals surface area contributed by atoms with E-state index in [-0.39, 0.29) is 35.6 Å². The normalized spacial score (nSPS) is 14.4. The van der Waals surface area contributed by atoms with Gasteiger partial charge in [0, 0.05) is 31.5 Å². The number of rotatable bonds is 11. The molecule has 4 atom stereocenters. The van der Waals surface area contributed by atoms with Crippen LogP contribution in [0.2, 0.25) is 0 Å². The number of ether oxygens (including phenoxy) is 3. The summed E-state index contributed by atoms with van der Waals surface area (Å²) in [7, 11) is 1.40. The number of pyridine rings is 1. The molecule has 0 aliphatic carbocycles. The summed E-state index contributed by atoms with van der Waals surface area (Å²) >= 11 is 0. The van der Waals surface area contributed by atoms with Crippen LogP contribution in [0.3, 0.4) is 0 Å². The Labute approximate surface area is 208 Å². The molecular weight excluding hydrogens is 446 g/mol. The summed E-state index contributed by atoms with van der Waals surface area (Å²) in [6.45, 7) is 13.2. The Kier molecular flexibility index (Phi) is 9.99. The van der Waals surface area contributed by atoms with E-state index in [2.05, 4.69) is 50.9 Å². The number of methoxy groups -OCH3 is 1. The van der Waals surface area contributed by atoms with E-state index in [4.69, 9.17) is 14.2 Å². The number of benzene rings is 1. The molecule has 1 aromatic carbocycles. The third kappa shape index (κ3) is 7.13. The molecule has 0 spiro atoms. The van der Waals surface area contributed by atoms with Crippen LogP contribution in [0.4, 0.5) is 0 Å². The molecule has 0 amide bonds. The van der Waals surface area contributed by atoms with E-state index in [0.717, 1.165) is 6.42 Å². The number of hydrogen-bond donors (Lipinski definition) is 0. The second-order valence-electron chi connectivity index (χ2n) is 9.23. The molecule has 0 radical (unpaired) electrons. The second kappa shape index (κ2) is 12.5. The molecule has 2 rings (SSSR count). The van der Waals surface area contributed by atoms with E-state index in [9.17, 15) is 14.4 Å². The lowest BCUT2D eigenvalue weighted by molar-refractivity contribution is -0.154. The Morgan fingerprint density at radius 3 is 2.31 bits per heavy atom. The molecule has 0 aliphatic rings. The highest BCUT2D eigenvalue weighted by molar-refractivity contribution is 5.99. The number of carbonyl (C=O) groups excluding carboxylic acids is 3. The number of nitrogens with zero attached hydrogens (tertiary/aromatic N) is 1. The average Bonchev–Trinajstić information content (AvgIpc) is 2.79. The summed E-state index contributed by atoms with van der Waals surface area (Å²) in [5.74, 6) is -1.72. The fraction of sp³-hybridized carbons (Fsp3) is 0.500. The molecule has 1 aromatic heterocycles. The second-order valence-corrected chi connectivity index (χ2v) is 9.23. The number of aromatic nitrogens is 1. The molecule has 0 fully saturated rings. The number of carbonyl (C=O) groups is 3. The van der Waals surface area contributed by atoms with Crippen LogP contribution in [0.1, 0.15) is 80.6 Å². The first-order chi connectivity index (χ1) is 16.5. The maximum absolute atomic E-state index is 13.0. The topological polar surface area (TPSA) is 91.8 Å². The van der Waals surface area contributed by atoms with Crippen LogP contribution in [-0.4, -0.2) is 35.9 Å². The van der Waals surface area contributed by atoms with E-state index in [1.807, 2.05) is 6.92 Å². The molecule has 0 bridgehead atoms. The Balaban J connectivity index is 2.19. The first kappa shape index (κ1) is 28.0. The molecule has 1 heterocycles. The molecule has 35 heavy (non-hydrogen) atoms. The van der Waals surface area contributed by atoms with Crippen molar-refractivity contribution >= 4 is 17.7 Å². The third-order valence-electron chi connectivity index (χ3n) is 6.34. The van der Waals surface area contributed by atoms with Gasteiger partial charge in [-0.3, -0.25) is 14.4 Å². The first-order valence-corrected chi connectivity index (χ1v) is 12.0. The van der Waals surface area contributed by atoms with Gasteiger partial charge in [0.2, 0.25) is 5.75 Å².